The minimum atomic E-state index is -5.71. The lowest BCUT2D eigenvalue weighted by Gasteiger charge is -2.24. The normalized spacial score (nSPS) is 12.9. The van der Waals surface area contributed by atoms with Gasteiger partial charge in [0.15, 0.2) is 9.84 Å². The number of aryl methyl sites for hydroxylation is 1. The fraction of sp³-hybridized carbons (Fsp3) is 0.400. The summed E-state index contributed by atoms with van der Waals surface area (Å²) < 4.78 is 69.0. The lowest BCUT2D eigenvalue weighted by molar-refractivity contribution is 0.0554. The monoisotopic (exact) mass is 540 g/mol. The zero-order valence-corrected chi connectivity index (χ0v) is 20.5. The highest BCUT2D eigenvalue weighted by molar-refractivity contribution is 9.10. The lowest BCUT2D eigenvalue weighted by Crippen LogP contribution is -2.17. The summed E-state index contributed by atoms with van der Waals surface area (Å²) in [7, 11) is -9.00. The van der Waals surface area contributed by atoms with Gasteiger partial charge in [0.2, 0.25) is 0 Å². The van der Waals surface area contributed by atoms with Gasteiger partial charge in [0.05, 0.1) is 18.1 Å². The minimum Gasteiger partial charge on any atom is -0.372 e. The van der Waals surface area contributed by atoms with Gasteiger partial charge >= 0.3 is 13.3 Å². The average Bonchev–Trinajstić information content (AvgIpc) is 2.67. The maximum Gasteiger partial charge on any atom is 0.399 e. The molecule has 0 radical (unpaired) electrons. The molecule has 0 spiro atoms. The Morgan fingerprint density at radius 2 is 1.65 bits per heavy atom. The first kappa shape index (κ1) is 26.1. The molecule has 2 aromatic rings. The number of ether oxygens (including phenoxy) is 1. The molecule has 2 aromatic carbocycles. The fourth-order valence-corrected chi connectivity index (χ4v) is 5.31. The first-order chi connectivity index (χ1) is 14.2. The third-order valence-electron chi connectivity index (χ3n) is 4.86. The van der Waals surface area contributed by atoms with Crippen molar-refractivity contribution < 1.29 is 36.3 Å². The Labute approximate surface area is 188 Å². The molecule has 0 bridgehead atoms. The van der Waals surface area contributed by atoms with Crippen molar-refractivity contribution in [1.29, 1.82) is 0 Å². The van der Waals surface area contributed by atoms with Crippen molar-refractivity contribution in [2.75, 3.05) is 6.26 Å². The van der Waals surface area contributed by atoms with E-state index in [1.165, 1.54) is 12.1 Å². The molecule has 2 rings (SSSR count). The average molecular weight is 541 g/mol. The van der Waals surface area contributed by atoms with Gasteiger partial charge in [-0.05, 0) is 69.2 Å². The van der Waals surface area contributed by atoms with Crippen LogP contribution in [-0.2, 0) is 50.9 Å². The summed E-state index contributed by atoms with van der Waals surface area (Å²) in [6.07, 6.45) is 1.83. The van der Waals surface area contributed by atoms with Gasteiger partial charge in [-0.25, -0.2) is 8.42 Å². The van der Waals surface area contributed by atoms with E-state index in [9.17, 15) is 21.8 Å². The minimum absolute atomic E-state index is 0.0448. The number of rotatable bonds is 9. The van der Waals surface area contributed by atoms with Crippen LogP contribution in [0, 0.1) is 0 Å². The van der Waals surface area contributed by atoms with E-state index in [4.69, 9.17) is 14.5 Å². The molecular weight excluding hydrogens is 517 g/mol. The second-order valence-corrected chi connectivity index (χ2v) is 11.5. The topological polar surface area (TPSA) is 101 Å². The Morgan fingerprint density at radius 3 is 2.10 bits per heavy atom. The van der Waals surface area contributed by atoms with Crippen molar-refractivity contribution >= 4 is 33.4 Å². The Balaban J connectivity index is 2.33. The van der Waals surface area contributed by atoms with Crippen LogP contribution in [0.1, 0.15) is 41.7 Å². The van der Waals surface area contributed by atoms with Gasteiger partial charge in [-0.2, -0.15) is 8.78 Å². The number of halogens is 3. The summed E-state index contributed by atoms with van der Waals surface area (Å²) >= 11 is 3.11. The second-order valence-electron chi connectivity index (χ2n) is 7.06. The van der Waals surface area contributed by atoms with Gasteiger partial charge in [-0.3, -0.25) is 4.57 Å². The van der Waals surface area contributed by atoms with Crippen LogP contribution in [0.4, 0.5) is 8.78 Å². The van der Waals surface area contributed by atoms with Crippen LogP contribution >= 0.6 is 23.5 Å². The Hall–Kier alpha value is -1.16. The van der Waals surface area contributed by atoms with Gasteiger partial charge in [0, 0.05) is 16.3 Å². The molecule has 0 fully saturated rings. The highest BCUT2D eigenvalue weighted by Gasteiger charge is 2.52. The number of sulfone groups is 1. The van der Waals surface area contributed by atoms with E-state index in [-0.39, 0.29) is 22.6 Å². The highest BCUT2D eigenvalue weighted by Crippen LogP contribution is 2.61. The van der Waals surface area contributed by atoms with Crippen molar-refractivity contribution in [2.45, 2.75) is 50.5 Å². The smallest absolute Gasteiger partial charge is 0.372 e. The van der Waals surface area contributed by atoms with Crippen molar-refractivity contribution in [3.05, 3.63) is 62.6 Å². The van der Waals surface area contributed by atoms with E-state index in [0.717, 1.165) is 17.9 Å². The van der Waals surface area contributed by atoms with Crippen LogP contribution < -0.4 is 0 Å². The van der Waals surface area contributed by atoms with E-state index in [1.807, 2.05) is 0 Å². The molecule has 0 amide bonds. The van der Waals surface area contributed by atoms with Gasteiger partial charge in [-0.15, -0.1) is 0 Å². The molecule has 0 aromatic heterocycles. The van der Waals surface area contributed by atoms with E-state index in [1.54, 1.807) is 26.0 Å². The quantitative estimate of drug-likeness (QED) is 0.438. The number of alkyl halides is 2. The van der Waals surface area contributed by atoms with Crippen LogP contribution in [-0.4, -0.2) is 24.5 Å². The Kier molecular flexibility index (Phi) is 8.22. The fourth-order valence-electron chi connectivity index (χ4n) is 3.16. The number of benzene rings is 2. The first-order valence-corrected chi connectivity index (χ1v) is 13.7. The third kappa shape index (κ3) is 5.80. The zero-order valence-electron chi connectivity index (χ0n) is 17.2. The Morgan fingerprint density at radius 1 is 1.06 bits per heavy atom. The standard InChI is InChI=1S/C20H24BrF2O6PS/c1-4-14-10-18(20(22,23)30(24,25)26)19(21)16(5-2)17(14)12-29-11-13-6-8-15(9-7-13)31(3,27)28/h6-10H,4-5,11-12H2,1-3H3,(H2,24,25,26). The highest BCUT2D eigenvalue weighted by atomic mass is 79.9. The lowest BCUT2D eigenvalue weighted by atomic mass is 9.95. The van der Waals surface area contributed by atoms with Gasteiger partial charge in [0.1, 0.15) is 0 Å². The van der Waals surface area contributed by atoms with Gasteiger partial charge in [0.25, 0.3) is 0 Å². The molecule has 31 heavy (non-hydrogen) atoms. The van der Waals surface area contributed by atoms with E-state index in [0.29, 0.717) is 29.5 Å². The van der Waals surface area contributed by atoms with Crippen LogP contribution in [0.25, 0.3) is 0 Å². The second kappa shape index (κ2) is 9.77. The summed E-state index contributed by atoms with van der Waals surface area (Å²) in [6.45, 7) is 3.79. The van der Waals surface area contributed by atoms with Crippen LogP contribution in [0.2, 0.25) is 0 Å². The largest absolute Gasteiger partial charge is 0.399 e. The maximum atomic E-state index is 14.4. The predicted octanol–water partition coefficient (Wildman–Crippen LogP) is 4.92. The van der Waals surface area contributed by atoms with E-state index in [2.05, 4.69) is 15.9 Å². The Bertz CT molecular complexity index is 1100. The molecule has 2 N–H and O–H groups in total. The SMILES string of the molecule is CCc1cc(C(F)(F)P(=O)(O)O)c(Br)c(CC)c1COCc1ccc(S(C)(=O)=O)cc1. The van der Waals surface area contributed by atoms with Gasteiger partial charge in [-0.1, -0.05) is 26.0 Å². The van der Waals surface area contributed by atoms with Crippen molar-refractivity contribution in [3.8, 4) is 0 Å². The molecule has 0 saturated heterocycles. The summed E-state index contributed by atoms with van der Waals surface area (Å²) in [5, 5.41) is 0. The summed E-state index contributed by atoms with van der Waals surface area (Å²) in [6, 6.07) is 7.36. The summed E-state index contributed by atoms with van der Waals surface area (Å²) in [5.74, 6) is 0. The molecule has 11 heteroatoms. The van der Waals surface area contributed by atoms with Crippen LogP contribution in [0.3, 0.4) is 0 Å². The summed E-state index contributed by atoms with van der Waals surface area (Å²) in [4.78, 5) is 18.5. The van der Waals surface area contributed by atoms with Crippen molar-refractivity contribution in [2.24, 2.45) is 0 Å². The van der Waals surface area contributed by atoms with Crippen molar-refractivity contribution in [3.63, 3.8) is 0 Å². The molecule has 0 aliphatic rings. The molecule has 0 saturated carbocycles. The number of hydrogen-bond donors (Lipinski definition) is 2. The van der Waals surface area contributed by atoms with Crippen LogP contribution in [0.5, 0.6) is 0 Å². The molecule has 0 aliphatic heterocycles. The molecular formula is C20H24BrF2O6PS. The molecule has 0 atom stereocenters. The molecule has 0 unspecified atom stereocenters. The molecule has 0 aliphatic carbocycles. The zero-order chi connectivity index (χ0) is 23.6. The maximum absolute atomic E-state index is 14.4. The first-order valence-electron chi connectivity index (χ1n) is 9.37. The van der Waals surface area contributed by atoms with E-state index >= 15 is 0 Å². The van der Waals surface area contributed by atoms with Crippen molar-refractivity contribution in [1.82, 2.24) is 0 Å². The molecule has 172 valence electrons. The van der Waals surface area contributed by atoms with E-state index < -0.39 is 28.7 Å². The summed E-state index contributed by atoms with van der Waals surface area (Å²) in [5.41, 5.74) is -2.64. The molecule has 0 heterocycles. The van der Waals surface area contributed by atoms with Gasteiger partial charge < -0.3 is 14.5 Å². The number of hydrogen-bond acceptors (Lipinski definition) is 4. The third-order valence-corrected chi connectivity index (χ3v) is 7.87. The molecule has 6 nitrogen and oxygen atoms in total. The van der Waals surface area contributed by atoms with Crippen LogP contribution in [0.15, 0.2) is 39.7 Å². The predicted molar refractivity (Wildman–Crippen MR) is 117 cm³/mol.